The average molecular weight is 400 g/mol. The first kappa shape index (κ1) is 19.9. The highest BCUT2D eigenvalue weighted by Crippen LogP contribution is 2.14. The highest BCUT2D eigenvalue weighted by atomic mass is 32.1. The molecule has 148 valence electrons. The predicted molar refractivity (Wildman–Crippen MR) is 111 cm³/mol. The lowest BCUT2D eigenvalue weighted by Gasteiger charge is -2.26. The fourth-order valence-corrected chi connectivity index (χ4v) is 3.76. The van der Waals surface area contributed by atoms with Crippen LogP contribution in [-0.2, 0) is 17.9 Å². The van der Waals surface area contributed by atoms with Crippen molar-refractivity contribution < 1.29 is 9.59 Å². The van der Waals surface area contributed by atoms with E-state index >= 15 is 0 Å². The summed E-state index contributed by atoms with van der Waals surface area (Å²) in [6.07, 6.45) is 0. The number of hydrogen-bond donors (Lipinski definition) is 3. The molecule has 1 aromatic carbocycles. The molecule has 0 bridgehead atoms. The molecule has 0 radical (unpaired) electrons. The number of rotatable bonds is 5. The lowest BCUT2D eigenvalue weighted by molar-refractivity contribution is -0.123. The number of carbonyl (C=O) groups is 2. The van der Waals surface area contributed by atoms with Gasteiger partial charge < -0.3 is 20.9 Å². The maximum absolute atomic E-state index is 12.5. The summed E-state index contributed by atoms with van der Waals surface area (Å²) in [7, 11) is 1.74. The Hall–Kier alpha value is -2.87. The summed E-state index contributed by atoms with van der Waals surface area (Å²) >= 11 is 1.73. The van der Waals surface area contributed by atoms with Crippen molar-refractivity contribution in [1.29, 1.82) is 0 Å². The smallest absolute Gasteiger partial charge is 0.254 e. The zero-order valence-corrected chi connectivity index (χ0v) is 16.9. The van der Waals surface area contributed by atoms with Gasteiger partial charge in [0.2, 0.25) is 5.91 Å². The second-order valence-corrected chi connectivity index (χ2v) is 7.58. The monoisotopic (exact) mass is 399 g/mol. The molecule has 2 aromatic rings. The number of amides is 2. The third-order valence-corrected chi connectivity index (χ3v) is 5.62. The molecule has 1 fully saturated rings. The zero-order chi connectivity index (χ0) is 19.9. The van der Waals surface area contributed by atoms with E-state index in [-0.39, 0.29) is 18.4 Å². The van der Waals surface area contributed by atoms with Crippen molar-refractivity contribution in [3.05, 3.63) is 57.3 Å². The molecule has 0 atom stereocenters. The van der Waals surface area contributed by atoms with Crippen LogP contribution >= 0.6 is 11.3 Å². The van der Waals surface area contributed by atoms with E-state index in [9.17, 15) is 9.59 Å². The highest BCUT2D eigenvalue weighted by molar-refractivity contribution is 7.10. The molecule has 0 spiro atoms. The molecule has 2 heterocycles. The maximum atomic E-state index is 12.5. The summed E-state index contributed by atoms with van der Waals surface area (Å²) in [4.78, 5) is 31.1. The molecule has 1 saturated heterocycles. The topological polar surface area (TPSA) is 85.8 Å². The minimum atomic E-state index is -0.114. The molecule has 1 aliphatic rings. The number of aryl methyl sites for hydroxylation is 1. The van der Waals surface area contributed by atoms with Gasteiger partial charge in [-0.1, -0.05) is 12.1 Å². The number of benzene rings is 1. The van der Waals surface area contributed by atoms with Gasteiger partial charge in [0.25, 0.3) is 5.91 Å². The first-order valence-corrected chi connectivity index (χ1v) is 10.1. The van der Waals surface area contributed by atoms with Crippen molar-refractivity contribution in [3.8, 4) is 0 Å². The largest absolute Gasteiger partial charge is 0.353 e. The van der Waals surface area contributed by atoms with Crippen LogP contribution < -0.4 is 16.0 Å². The Morgan fingerprint density at radius 2 is 1.96 bits per heavy atom. The molecule has 1 aromatic heterocycles. The molecule has 8 heteroatoms. The Bertz CT molecular complexity index is 860. The molecule has 2 amide bonds. The second kappa shape index (κ2) is 9.36. The summed E-state index contributed by atoms with van der Waals surface area (Å²) in [5.41, 5.74) is 2.91. The third kappa shape index (κ3) is 5.10. The number of piperazine rings is 1. The number of nitrogens with zero attached hydrogens (tertiary/aromatic N) is 2. The summed E-state index contributed by atoms with van der Waals surface area (Å²) in [5.74, 6) is 0.502. The van der Waals surface area contributed by atoms with Crippen LogP contribution in [-0.4, -0.2) is 49.4 Å². The van der Waals surface area contributed by atoms with Crippen LogP contribution in [0, 0.1) is 6.92 Å². The van der Waals surface area contributed by atoms with E-state index < -0.39 is 0 Å². The van der Waals surface area contributed by atoms with Crippen LogP contribution in [0.15, 0.2) is 40.7 Å². The normalized spacial score (nSPS) is 14.6. The SMILES string of the molecule is CN=C(NCc1ccc(C(=O)N2CCNC(=O)C2)cc1)NCc1sccc1C. The van der Waals surface area contributed by atoms with Gasteiger partial charge in [0.1, 0.15) is 0 Å². The van der Waals surface area contributed by atoms with E-state index in [0.29, 0.717) is 25.2 Å². The van der Waals surface area contributed by atoms with Gasteiger partial charge in [-0.2, -0.15) is 0 Å². The Morgan fingerprint density at radius 1 is 1.21 bits per heavy atom. The van der Waals surface area contributed by atoms with Gasteiger partial charge in [0, 0.05) is 37.1 Å². The molecule has 28 heavy (non-hydrogen) atoms. The average Bonchev–Trinajstić information content (AvgIpc) is 3.13. The molecule has 7 nitrogen and oxygen atoms in total. The van der Waals surface area contributed by atoms with E-state index in [2.05, 4.69) is 39.3 Å². The van der Waals surface area contributed by atoms with Gasteiger partial charge in [-0.15, -0.1) is 11.3 Å². The van der Waals surface area contributed by atoms with Gasteiger partial charge >= 0.3 is 0 Å². The van der Waals surface area contributed by atoms with Gasteiger partial charge in [-0.3, -0.25) is 14.6 Å². The van der Waals surface area contributed by atoms with E-state index in [0.717, 1.165) is 18.1 Å². The van der Waals surface area contributed by atoms with Crippen molar-refractivity contribution in [3.63, 3.8) is 0 Å². The number of carbonyl (C=O) groups excluding carboxylic acids is 2. The quantitative estimate of drug-likeness (QED) is 0.525. The first-order valence-electron chi connectivity index (χ1n) is 9.19. The van der Waals surface area contributed by atoms with Crippen molar-refractivity contribution in [2.75, 3.05) is 26.7 Å². The van der Waals surface area contributed by atoms with E-state index in [1.54, 1.807) is 35.4 Å². The second-order valence-electron chi connectivity index (χ2n) is 6.58. The highest BCUT2D eigenvalue weighted by Gasteiger charge is 2.22. The minimum Gasteiger partial charge on any atom is -0.353 e. The lowest BCUT2D eigenvalue weighted by atomic mass is 10.1. The Labute approximate surface area is 168 Å². The van der Waals surface area contributed by atoms with E-state index in [1.165, 1.54) is 10.4 Å². The van der Waals surface area contributed by atoms with Crippen molar-refractivity contribution in [1.82, 2.24) is 20.9 Å². The van der Waals surface area contributed by atoms with Crippen molar-refractivity contribution in [2.45, 2.75) is 20.0 Å². The molecule has 3 N–H and O–H groups in total. The Morgan fingerprint density at radius 3 is 2.61 bits per heavy atom. The molecular weight excluding hydrogens is 374 g/mol. The van der Waals surface area contributed by atoms with Gasteiger partial charge in [0.15, 0.2) is 5.96 Å². The molecule has 0 unspecified atom stereocenters. The summed E-state index contributed by atoms with van der Waals surface area (Å²) < 4.78 is 0. The third-order valence-electron chi connectivity index (χ3n) is 4.59. The molecular formula is C20H25N5O2S. The molecule has 3 rings (SSSR count). The summed E-state index contributed by atoms with van der Waals surface area (Å²) in [6, 6.07) is 9.55. The molecule has 1 aliphatic heterocycles. The number of aliphatic imine (C=N–C) groups is 1. The van der Waals surface area contributed by atoms with E-state index in [1.807, 2.05) is 12.1 Å². The maximum Gasteiger partial charge on any atom is 0.254 e. The van der Waals surface area contributed by atoms with Gasteiger partial charge in [-0.05, 0) is 41.6 Å². The van der Waals surface area contributed by atoms with Crippen LogP contribution in [0.4, 0.5) is 0 Å². The van der Waals surface area contributed by atoms with Crippen LogP contribution in [0.3, 0.4) is 0 Å². The van der Waals surface area contributed by atoms with Crippen LogP contribution in [0.25, 0.3) is 0 Å². The zero-order valence-electron chi connectivity index (χ0n) is 16.1. The number of hydrogen-bond acceptors (Lipinski definition) is 4. The van der Waals surface area contributed by atoms with Crippen LogP contribution in [0.5, 0.6) is 0 Å². The van der Waals surface area contributed by atoms with Crippen LogP contribution in [0.1, 0.15) is 26.4 Å². The summed E-state index contributed by atoms with van der Waals surface area (Å²) in [5, 5.41) is 11.4. The summed E-state index contributed by atoms with van der Waals surface area (Å²) in [6.45, 7) is 4.60. The lowest BCUT2D eigenvalue weighted by Crippen LogP contribution is -2.49. The Balaban J connectivity index is 1.51. The van der Waals surface area contributed by atoms with Crippen molar-refractivity contribution >= 4 is 29.1 Å². The molecule has 0 aliphatic carbocycles. The van der Waals surface area contributed by atoms with E-state index in [4.69, 9.17) is 0 Å². The fourth-order valence-electron chi connectivity index (χ4n) is 2.92. The van der Waals surface area contributed by atoms with Gasteiger partial charge in [0.05, 0.1) is 13.1 Å². The number of nitrogens with one attached hydrogen (secondary N) is 3. The number of thiophene rings is 1. The van der Waals surface area contributed by atoms with Crippen LogP contribution in [0.2, 0.25) is 0 Å². The minimum absolute atomic E-state index is 0.113. The standard InChI is InChI=1S/C20H25N5O2S/c1-14-7-10-28-17(14)12-24-20(21-2)23-11-15-3-5-16(6-4-15)19(27)25-9-8-22-18(26)13-25/h3-7,10H,8-9,11-13H2,1-2H3,(H,22,26)(H2,21,23,24). The molecule has 0 saturated carbocycles. The fraction of sp³-hybridized carbons (Fsp3) is 0.350. The predicted octanol–water partition coefficient (Wildman–Crippen LogP) is 1.49. The first-order chi connectivity index (χ1) is 13.6. The van der Waals surface area contributed by atoms with Gasteiger partial charge in [-0.25, -0.2) is 0 Å². The Kier molecular flexibility index (Phi) is 6.65. The van der Waals surface area contributed by atoms with Crippen molar-refractivity contribution in [2.24, 2.45) is 4.99 Å². The number of guanidine groups is 1.